The van der Waals surface area contributed by atoms with Crippen LogP contribution in [0.3, 0.4) is 0 Å². The average Bonchev–Trinajstić information content (AvgIpc) is 2.31. The highest BCUT2D eigenvalue weighted by Crippen LogP contribution is 2.22. The van der Waals surface area contributed by atoms with Crippen molar-refractivity contribution in [3.05, 3.63) is 47.4 Å². The number of aryl methyl sites for hydroxylation is 1. The van der Waals surface area contributed by atoms with Crippen molar-refractivity contribution in [1.29, 1.82) is 0 Å². The second-order valence-electron chi connectivity index (χ2n) is 3.65. The molecule has 0 fully saturated rings. The summed E-state index contributed by atoms with van der Waals surface area (Å²) in [5.74, 6) is -3.07. The normalized spacial score (nSPS) is 10.4. The molecular weight excluding hydrogens is 242 g/mol. The van der Waals surface area contributed by atoms with E-state index in [-0.39, 0.29) is 11.3 Å². The summed E-state index contributed by atoms with van der Waals surface area (Å²) in [5.41, 5.74) is 0.306. The van der Waals surface area contributed by atoms with Crippen LogP contribution in [0, 0.1) is 18.6 Å². The first-order chi connectivity index (χ1) is 8.47. The van der Waals surface area contributed by atoms with Gasteiger partial charge in [0.25, 0.3) is 0 Å². The van der Waals surface area contributed by atoms with Crippen LogP contribution in [0.25, 0.3) is 11.3 Å². The third-order valence-corrected chi connectivity index (χ3v) is 2.25. The van der Waals surface area contributed by atoms with Gasteiger partial charge in [-0.1, -0.05) is 0 Å². The minimum absolute atomic E-state index is 0.0388. The molecule has 1 aromatic heterocycles. The van der Waals surface area contributed by atoms with Gasteiger partial charge in [0.2, 0.25) is 5.82 Å². The van der Waals surface area contributed by atoms with Crippen LogP contribution in [0.4, 0.5) is 8.78 Å². The Morgan fingerprint density at radius 3 is 2.61 bits per heavy atom. The zero-order valence-electron chi connectivity index (χ0n) is 9.32. The predicted octanol–water partition coefficient (Wildman–Crippen LogP) is 2.43. The zero-order valence-corrected chi connectivity index (χ0v) is 9.32. The Hall–Kier alpha value is -2.37. The van der Waals surface area contributed by atoms with E-state index in [0.29, 0.717) is 5.69 Å². The molecule has 0 aliphatic rings. The Morgan fingerprint density at radius 2 is 1.94 bits per heavy atom. The van der Waals surface area contributed by atoms with Crippen molar-refractivity contribution < 1.29 is 18.7 Å². The molecule has 1 heterocycles. The number of aromatic carboxylic acids is 1. The Bertz CT molecular complexity index is 629. The molecule has 1 aromatic carbocycles. The smallest absolute Gasteiger partial charge is 0.373 e. The van der Waals surface area contributed by atoms with Crippen LogP contribution in [-0.4, -0.2) is 21.0 Å². The van der Waals surface area contributed by atoms with Crippen LogP contribution in [0.2, 0.25) is 0 Å². The average molecular weight is 250 g/mol. The van der Waals surface area contributed by atoms with Gasteiger partial charge in [0.1, 0.15) is 11.6 Å². The Balaban J connectivity index is 2.63. The molecule has 0 amide bonds. The Kier molecular flexibility index (Phi) is 3.01. The quantitative estimate of drug-likeness (QED) is 0.889. The molecule has 0 bridgehead atoms. The van der Waals surface area contributed by atoms with E-state index in [2.05, 4.69) is 9.97 Å². The van der Waals surface area contributed by atoms with Crippen LogP contribution in [0.1, 0.15) is 16.3 Å². The first-order valence-electron chi connectivity index (χ1n) is 5.02. The van der Waals surface area contributed by atoms with Crippen molar-refractivity contribution in [3.63, 3.8) is 0 Å². The van der Waals surface area contributed by atoms with Gasteiger partial charge in [0.15, 0.2) is 0 Å². The SMILES string of the molecule is Cc1cc(-c2cc(F)ccc2F)nc(C(=O)O)n1. The van der Waals surface area contributed by atoms with Crippen molar-refractivity contribution >= 4 is 5.97 Å². The molecule has 1 N–H and O–H groups in total. The van der Waals surface area contributed by atoms with Gasteiger partial charge in [-0.25, -0.2) is 23.5 Å². The second kappa shape index (κ2) is 4.48. The van der Waals surface area contributed by atoms with E-state index in [4.69, 9.17) is 5.11 Å². The first-order valence-corrected chi connectivity index (χ1v) is 5.02. The number of carbonyl (C=O) groups is 1. The molecule has 92 valence electrons. The number of nitrogens with zero attached hydrogens (tertiary/aromatic N) is 2. The molecule has 4 nitrogen and oxygen atoms in total. The number of aromatic nitrogens is 2. The number of rotatable bonds is 2. The number of benzene rings is 1. The molecule has 0 unspecified atom stereocenters. The lowest BCUT2D eigenvalue weighted by atomic mass is 10.1. The molecule has 0 saturated carbocycles. The lowest BCUT2D eigenvalue weighted by Crippen LogP contribution is -2.06. The summed E-state index contributed by atoms with van der Waals surface area (Å²) < 4.78 is 26.6. The van der Waals surface area contributed by atoms with E-state index in [9.17, 15) is 13.6 Å². The molecule has 2 aromatic rings. The summed E-state index contributed by atoms with van der Waals surface area (Å²) in [6.07, 6.45) is 0. The molecule has 0 atom stereocenters. The molecule has 0 aliphatic heterocycles. The van der Waals surface area contributed by atoms with Crippen LogP contribution in [0.15, 0.2) is 24.3 Å². The van der Waals surface area contributed by atoms with Gasteiger partial charge in [-0.2, -0.15) is 0 Å². The van der Waals surface area contributed by atoms with Gasteiger partial charge in [-0.15, -0.1) is 0 Å². The highest BCUT2D eigenvalue weighted by atomic mass is 19.1. The van der Waals surface area contributed by atoms with Crippen molar-refractivity contribution in [2.24, 2.45) is 0 Å². The summed E-state index contributed by atoms with van der Waals surface area (Å²) in [5, 5.41) is 8.81. The fraction of sp³-hybridized carbons (Fsp3) is 0.0833. The first kappa shape index (κ1) is 12.1. The third kappa shape index (κ3) is 2.32. The van der Waals surface area contributed by atoms with Crippen LogP contribution in [-0.2, 0) is 0 Å². The fourth-order valence-corrected chi connectivity index (χ4v) is 1.50. The maximum Gasteiger partial charge on any atom is 0.373 e. The van der Waals surface area contributed by atoms with E-state index in [1.807, 2.05) is 0 Å². The summed E-state index contributed by atoms with van der Waals surface area (Å²) in [6.45, 7) is 1.55. The van der Waals surface area contributed by atoms with Crippen molar-refractivity contribution in [2.75, 3.05) is 0 Å². The second-order valence-corrected chi connectivity index (χ2v) is 3.65. The maximum absolute atomic E-state index is 13.5. The fourth-order valence-electron chi connectivity index (χ4n) is 1.50. The molecule has 0 radical (unpaired) electrons. The maximum atomic E-state index is 13.5. The molecule has 6 heteroatoms. The summed E-state index contributed by atoms with van der Waals surface area (Å²) in [7, 11) is 0. The minimum Gasteiger partial charge on any atom is -0.475 e. The topological polar surface area (TPSA) is 63.1 Å². The standard InChI is InChI=1S/C12H8F2N2O2/c1-6-4-10(16-11(15-6)12(17)18)8-5-7(13)2-3-9(8)14/h2-5H,1H3,(H,17,18). The number of hydrogen-bond acceptors (Lipinski definition) is 3. The van der Waals surface area contributed by atoms with E-state index in [1.165, 1.54) is 6.07 Å². The van der Waals surface area contributed by atoms with E-state index in [1.54, 1.807) is 6.92 Å². The van der Waals surface area contributed by atoms with Crippen LogP contribution < -0.4 is 0 Å². The van der Waals surface area contributed by atoms with Gasteiger partial charge in [0.05, 0.1) is 5.69 Å². The summed E-state index contributed by atoms with van der Waals surface area (Å²) >= 11 is 0. The van der Waals surface area contributed by atoms with Gasteiger partial charge >= 0.3 is 5.97 Å². The van der Waals surface area contributed by atoms with Gasteiger partial charge in [-0.3, -0.25) is 0 Å². The third-order valence-electron chi connectivity index (χ3n) is 2.25. The van der Waals surface area contributed by atoms with E-state index >= 15 is 0 Å². The summed E-state index contributed by atoms with van der Waals surface area (Å²) in [4.78, 5) is 18.2. The molecule has 0 saturated heterocycles. The number of carboxylic acids is 1. The molecule has 18 heavy (non-hydrogen) atoms. The van der Waals surface area contributed by atoms with Crippen molar-refractivity contribution in [2.45, 2.75) is 6.92 Å². The van der Waals surface area contributed by atoms with Crippen LogP contribution in [0.5, 0.6) is 0 Å². The van der Waals surface area contributed by atoms with Gasteiger partial charge in [0, 0.05) is 11.3 Å². The highest BCUT2D eigenvalue weighted by molar-refractivity contribution is 5.84. The molecule has 0 spiro atoms. The Morgan fingerprint density at radius 1 is 1.22 bits per heavy atom. The van der Waals surface area contributed by atoms with E-state index < -0.39 is 23.4 Å². The van der Waals surface area contributed by atoms with Crippen molar-refractivity contribution in [3.8, 4) is 11.3 Å². The predicted molar refractivity (Wildman–Crippen MR) is 59.1 cm³/mol. The summed E-state index contributed by atoms with van der Waals surface area (Å²) in [6, 6.07) is 4.29. The lowest BCUT2D eigenvalue weighted by molar-refractivity contribution is 0.0683. The highest BCUT2D eigenvalue weighted by Gasteiger charge is 2.13. The number of hydrogen-bond donors (Lipinski definition) is 1. The van der Waals surface area contributed by atoms with Crippen LogP contribution >= 0.6 is 0 Å². The zero-order chi connectivity index (χ0) is 13.3. The minimum atomic E-state index is -1.32. The molecular formula is C12H8F2N2O2. The number of halogens is 2. The monoisotopic (exact) mass is 250 g/mol. The number of carboxylic acid groups (broad SMARTS) is 1. The molecule has 2 rings (SSSR count). The lowest BCUT2D eigenvalue weighted by Gasteiger charge is -2.05. The van der Waals surface area contributed by atoms with E-state index in [0.717, 1.165) is 18.2 Å². The molecule has 0 aliphatic carbocycles. The van der Waals surface area contributed by atoms with Gasteiger partial charge < -0.3 is 5.11 Å². The largest absolute Gasteiger partial charge is 0.475 e. The Labute approximate surface area is 101 Å². The van der Waals surface area contributed by atoms with Crippen molar-refractivity contribution in [1.82, 2.24) is 9.97 Å². The van der Waals surface area contributed by atoms with Gasteiger partial charge in [-0.05, 0) is 31.2 Å².